The number of likely N-dealkylation sites (tertiary alicyclic amines) is 1. The van der Waals surface area contributed by atoms with Crippen molar-refractivity contribution in [3.8, 4) is 0 Å². The third-order valence-electron chi connectivity index (χ3n) is 3.36. The molecule has 1 heterocycles. The van der Waals surface area contributed by atoms with Crippen molar-refractivity contribution in [1.29, 1.82) is 0 Å². The Morgan fingerprint density at radius 2 is 1.85 bits per heavy atom. The summed E-state index contributed by atoms with van der Waals surface area (Å²) < 4.78 is 4.97. The number of likely N-dealkylation sites (N-methyl/N-ethyl adjacent to an activating group) is 1. The molecule has 1 aliphatic rings. The zero-order valence-electron chi connectivity index (χ0n) is 12.0. The van der Waals surface area contributed by atoms with E-state index in [1.165, 1.54) is 4.90 Å². The second kappa shape index (κ2) is 7.72. The number of aliphatic carboxylic acids is 1. The van der Waals surface area contributed by atoms with Crippen molar-refractivity contribution in [3.05, 3.63) is 0 Å². The number of esters is 1. The molecule has 0 aliphatic carbocycles. The maximum Gasteiger partial charge on any atom is 0.323 e. The van der Waals surface area contributed by atoms with Crippen LogP contribution in [0.2, 0.25) is 0 Å². The number of carboxylic acids is 1. The first-order valence-electron chi connectivity index (χ1n) is 6.91. The zero-order valence-corrected chi connectivity index (χ0v) is 12.0. The Kier molecular flexibility index (Phi) is 6.27. The lowest BCUT2D eigenvalue weighted by Gasteiger charge is -2.34. The number of hydrogen-bond acceptors (Lipinski definition) is 4. The first-order chi connectivity index (χ1) is 9.49. The third-order valence-corrected chi connectivity index (χ3v) is 3.36. The lowest BCUT2D eigenvalue weighted by Crippen LogP contribution is -2.48. The topological polar surface area (TPSA) is 87.2 Å². The Bertz CT molecular complexity index is 364. The summed E-state index contributed by atoms with van der Waals surface area (Å²) >= 11 is 0. The molecule has 1 fully saturated rings. The average molecular weight is 286 g/mol. The molecule has 20 heavy (non-hydrogen) atoms. The minimum atomic E-state index is -1.03. The largest absolute Gasteiger partial charge is 0.480 e. The molecule has 0 unspecified atom stereocenters. The Balaban J connectivity index is 2.49. The van der Waals surface area contributed by atoms with E-state index in [0.29, 0.717) is 39.1 Å². The lowest BCUT2D eigenvalue weighted by atomic mass is 9.97. The zero-order chi connectivity index (χ0) is 15.1. The van der Waals surface area contributed by atoms with Crippen molar-refractivity contribution in [3.63, 3.8) is 0 Å². The number of hydrogen-bond donors (Lipinski definition) is 1. The fourth-order valence-electron chi connectivity index (χ4n) is 2.24. The van der Waals surface area contributed by atoms with Crippen LogP contribution < -0.4 is 0 Å². The molecule has 0 aromatic carbocycles. The first-order valence-corrected chi connectivity index (χ1v) is 6.91. The lowest BCUT2D eigenvalue weighted by molar-refractivity contribution is -0.149. The van der Waals surface area contributed by atoms with Crippen LogP contribution in [0.1, 0.15) is 26.7 Å². The molecule has 0 saturated carbocycles. The summed E-state index contributed by atoms with van der Waals surface area (Å²) in [6, 6.07) is -0.280. The molecular formula is C13H22N2O5. The van der Waals surface area contributed by atoms with Crippen molar-refractivity contribution < 1.29 is 24.2 Å². The Morgan fingerprint density at radius 3 is 2.30 bits per heavy atom. The van der Waals surface area contributed by atoms with E-state index < -0.39 is 5.97 Å². The van der Waals surface area contributed by atoms with Gasteiger partial charge in [-0.05, 0) is 26.7 Å². The van der Waals surface area contributed by atoms with E-state index in [-0.39, 0.29) is 24.5 Å². The van der Waals surface area contributed by atoms with Gasteiger partial charge in [0.05, 0.1) is 12.5 Å². The molecule has 1 N–H and O–H groups in total. The predicted molar refractivity (Wildman–Crippen MR) is 71.2 cm³/mol. The quantitative estimate of drug-likeness (QED) is 0.755. The van der Waals surface area contributed by atoms with E-state index in [4.69, 9.17) is 9.84 Å². The van der Waals surface area contributed by atoms with Gasteiger partial charge >= 0.3 is 18.0 Å². The average Bonchev–Trinajstić information content (AvgIpc) is 2.44. The number of amides is 2. The van der Waals surface area contributed by atoms with Gasteiger partial charge in [0.25, 0.3) is 0 Å². The number of urea groups is 1. The van der Waals surface area contributed by atoms with Crippen LogP contribution in [0, 0.1) is 5.92 Å². The van der Waals surface area contributed by atoms with Crippen molar-refractivity contribution in [2.45, 2.75) is 26.7 Å². The predicted octanol–water partition coefficient (Wildman–Crippen LogP) is 0.788. The summed E-state index contributed by atoms with van der Waals surface area (Å²) in [7, 11) is 0. The Morgan fingerprint density at radius 1 is 1.25 bits per heavy atom. The van der Waals surface area contributed by atoms with E-state index >= 15 is 0 Å². The van der Waals surface area contributed by atoms with Crippen LogP contribution in [0.15, 0.2) is 0 Å². The maximum atomic E-state index is 12.1. The SMILES string of the molecule is CCOC(=O)C1CCN(C(=O)N(CC)CC(=O)O)CC1. The van der Waals surface area contributed by atoms with Crippen LogP contribution in [-0.4, -0.2) is 65.7 Å². The van der Waals surface area contributed by atoms with Crippen LogP contribution >= 0.6 is 0 Å². The van der Waals surface area contributed by atoms with Gasteiger partial charge < -0.3 is 19.6 Å². The second-order valence-electron chi connectivity index (χ2n) is 4.70. The summed E-state index contributed by atoms with van der Waals surface area (Å²) in [5.41, 5.74) is 0. The second-order valence-corrected chi connectivity index (χ2v) is 4.70. The highest BCUT2D eigenvalue weighted by atomic mass is 16.5. The fraction of sp³-hybridized carbons (Fsp3) is 0.769. The normalized spacial score (nSPS) is 15.8. The third kappa shape index (κ3) is 4.40. The molecular weight excluding hydrogens is 264 g/mol. The molecule has 2 amide bonds. The molecule has 0 aromatic rings. The summed E-state index contributed by atoms with van der Waals surface area (Å²) in [5.74, 6) is -1.40. The number of carbonyl (C=O) groups excluding carboxylic acids is 2. The highest BCUT2D eigenvalue weighted by molar-refractivity contribution is 5.80. The highest BCUT2D eigenvalue weighted by Crippen LogP contribution is 2.19. The summed E-state index contributed by atoms with van der Waals surface area (Å²) in [6.07, 6.45) is 1.13. The minimum Gasteiger partial charge on any atom is -0.480 e. The van der Waals surface area contributed by atoms with Gasteiger partial charge in [0.15, 0.2) is 0 Å². The monoisotopic (exact) mass is 286 g/mol. The number of rotatable bonds is 5. The van der Waals surface area contributed by atoms with E-state index in [1.54, 1.807) is 18.7 Å². The van der Waals surface area contributed by atoms with Gasteiger partial charge in [-0.1, -0.05) is 0 Å². The van der Waals surface area contributed by atoms with Gasteiger partial charge in [-0.2, -0.15) is 0 Å². The summed E-state index contributed by atoms with van der Waals surface area (Å²) in [6.45, 7) is 4.83. The number of carboxylic acid groups (broad SMARTS) is 1. The van der Waals surface area contributed by atoms with Gasteiger partial charge in [-0.25, -0.2) is 4.79 Å². The Labute approximate surface area is 118 Å². The Hall–Kier alpha value is -1.79. The van der Waals surface area contributed by atoms with E-state index in [9.17, 15) is 14.4 Å². The van der Waals surface area contributed by atoms with Crippen LogP contribution in [0.5, 0.6) is 0 Å². The van der Waals surface area contributed by atoms with Gasteiger partial charge in [0.2, 0.25) is 0 Å². The molecule has 0 aromatic heterocycles. The van der Waals surface area contributed by atoms with Crippen molar-refractivity contribution in [2.75, 3.05) is 32.8 Å². The van der Waals surface area contributed by atoms with E-state index in [2.05, 4.69) is 0 Å². The molecule has 0 bridgehead atoms. The minimum absolute atomic E-state index is 0.159. The van der Waals surface area contributed by atoms with Crippen molar-refractivity contribution >= 4 is 18.0 Å². The molecule has 7 heteroatoms. The molecule has 0 spiro atoms. The van der Waals surface area contributed by atoms with Gasteiger partial charge in [0, 0.05) is 19.6 Å². The summed E-state index contributed by atoms with van der Waals surface area (Å²) in [4.78, 5) is 37.3. The number of piperidine rings is 1. The van der Waals surface area contributed by atoms with Gasteiger partial charge in [-0.3, -0.25) is 9.59 Å². The number of carbonyl (C=O) groups is 3. The van der Waals surface area contributed by atoms with Gasteiger partial charge in [-0.15, -0.1) is 0 Å². The smallest absolute Gasteiger partial charge is 0.323 e. The van der Waals surface area contributed by atoms with Gasteiger partial charge in [0.1, 0.15) is 6.54 Å². The first kappa shape index (κ1) is 16.3. The van der Waals surface area contributed by atoms with Crippen LogP contribution in [0.3, 0.4) is 0 Å². The molecule has 1 aliphatic heterocycles. The van der Waals surface area contributed by atoms with E-state index in [0.717, 1.165) is 0 Å². The van der Waals surface area contributed by atoms with Crippen molar-refractivity contribution in [1.82, 2.24) is 9.80 Å². The maximum absolute atomic E-state index is 12.1. The molecule has 0 atom stereocenters. The van der Waals surface area contributed by atoms with Crippen LogP contribution in [0.25, 0.3) is 0 Å². The van der Waals surface area contributed by atoms with Crippen molar-refractivity contribution in [2.24, 2.45) is 5.92 Å². The standard InChI is InChI=1S/C13H22N2O5/c1-3-14(9-11(16)17)13(19)15-7-5-10(6-8-15)12(18)20-4-2/h10H,3-9H2,1-2H3,(H,16,17). The molecule has 0 radical (unpaired) electrons. The number of ether oxygens (including phenoxy) is 1. The highest BCUT2D eigenvalue weighted by Gasteiger charge is 2.30. The van der Waals surface area contributed by atoms with Crippen LogP contribution in [-0.2, 0) is 14.3 Å². The number of nitrogens with zero attached hydrogens (tertiary/aromatic N) is 2. The van der Waals surface area contributed by atoms with Crippen LogP contribution in [0.4, 0.5) is 4.79 Å². The molecule has 1 saturated heterocycles. The van der Waals surface area contributed by atoms with E-state index in [1.807, 2.05) is 0 Å². The molecule has 114 valence electrons. The molecule has 7 nitrogen and oxygen atoms in total. The molecule has 1 rings (SSSR count). The summed E-state index contributed by atoms with van der Waals surface area (Å²) in [5, 5.41) is 8.76. The fourth-order valence-corrected chi connectivity index (χ4v) is 2.24.